The molecule has 0 aromatic heterocycles. The molecule has 2 N–H and O–H groups in total. The van der Waals surface area contributed by atoms with Crippen molar-refractivity contribution in [1.82, 2.24) is 0 Å². The highest BCUT2D eigenvalue weighted by molar-refractivity contribution is 5.11. The molecule has 0 radical (unpaired) electrons. The molecule has 1 saturated carbocycles. The van der Waals surface area contributed by atoms with Crippen molar-refractivity contribution < 1.29 is 4.74 Å². The summed E-state index contributed by atoms with van der Waals surface area (Å²) in [6.45, 7) is 3.22. The van der Waals surface area contributed by atoms with Crippen LogP contribution in [0.15, 0.2) is 11.8 Å². The molecule has 2 rings (SSSR count). The van der Waals surface area contributed by atoms with E-state index in [0.717, 1.165) is 25.4 Å². The molecule has 1 atom stereocenters. The summed E-state index contributed by atoms with van der Waals surface area (Å²) < 4.78 is 5.37. The minimum absolute atomic E-state index is 0.262. The van der Waals surface area contributed by atoms with Crippen molar-refractivity contribution in [3.05, 3.63) is 11.8 Å². The molecule has 0 spiro atoms. The lowest BCUT2D eigenvalue weighted by atomic mass is 9.77. The van der Waals surface area contributed by atoms with Crippen LogP contribution >= 0.6 is 0 Å². The summed E-state index contributed by atoms with van der Waals surface area (Å²) in [4.78, 5) is 0. The fourth-order valence-electron chi connectivity index (χ4n) is 2.78. The summed E-state index contributed by atoms with van der Waals surface area (Å²) in [5.74, 6) is 1.61. The van der Waals surface area contributed by atoms with E-state index in [4.69, 9.17) is 10.5 Å². The van der Waals surface area contributed by atoms with E-state index < -0.39 is 0 Å². The second-order valence-corrected chi connectivity index (χ2v) is 5.21. The first-order valence-corrected chi connectivity index (χ1v) is 6.33. The van der Waals surface area contributed by atoms with Crippen molar-refractivity contribution in [2.45, 2.75) is 51.5 Å². The van der Waals surface area contributed by atoms with E-state index in [1.807, 2.05) is 6.26 Å². The number of ether oxygens (including phenoxy) is 1. The van der Waals surface area contributed by atoms with Gasteiger partial charge in [0.05, 0.1) is 12.9 Å². The van der Waals surface area contributed by atoms with Gasteiger partial charge in [-0.05, 0) is 43.1 Å². The Morgan fingerprint density at radius 2 is 2.07 bits per heavy atom. The van der Waals surface area contributed by atoms with Gasteiger partial charge in [0.2, 0.25) is 0 Å². The monoisotopic (exact) mass is 209 g/mol. The smallest absolute Gasteiger partial charge is 0.0876 e. The maximum atomic E-state index is 6.32. The van der Waals surface area contributed by atoms with Crippen molar-refractivity contribution in [1.29, 1.82) is 0 Å². The van der Waals surface area contributed by atoms with Gasteiger partial charge in [0.1, 0.15) is 0 Å². The van der Waals surface area contributed by atoms with Gasteiger partial charge in [-0.3, -0.25) is 0 Å². The number of hydrogen-bond donors (Lipinski definition) is 1. The maximum absolute atomic E-state index is 6.32. The second kappa shape index (κ2) is 5.02. The van der Waals surface area contributed by atoms with E-state index in [1.165, 1.54) is 31.3 Å². The lowest BCUT2D eigenvalue weighted by Crippen LogP contribution is -2.35. The van der Waals surface area contributed by atoms with Crippen LogP contribution < -0.4 is 5.73 Å². The third-order valence-corrected chi connectivity index (χ3v) is 3.96. The van der Waals surface area contributed by atoms with Crippen LogP contribution in [-0.2, 0) is 4.74 Å². The van der Waals surface area contributed by atoms with Gasteiger partial charge < -0.3 is 10.5 Å². The Hall–Kier alpha value is -0.500. The molecule has 0 bridgehead atoms. The first-order chi connectivity index (χ1) is 7.27. The number of nitrogens with two attached hydrogens (primary N) is 1. The van der Waals surface area contributed by atoms with E-state index in [1.54, 1.807) is 0 Å². The highest BCUT2D eigenvalue weighted by Gasteiger charge is 2.26. The van der Waals surface area contributed by atoms with E-state index in [9.17, 15) is 0 Å². The van der Waals surface area contributed by atoms with E-state index in [0.29, 0.717) is 5.92 Å². The normalized spacial score (nSPS) is 34.1. The first kappa shape index (κ1) is 11.0. The topological polar surface area (TPSA) is 35.2 Å². The molecule has 2 nitrogen and oxygen atoms in total. The van der Waals surface area contributed by atoms with E-state index in [2.05, 4.69) is 6.92 Å². The average Bonchev–Trinajstić information content (AvgIpc) is 2.30. The Labute approximate surface area is 92.9 Å². The largest absolute Gasteiger partial charge is 0.501 e. The highest BCUT2D eigenvalue weighted by atomic mass is 16.5. The van der Waals surface area contributed by atoms with Gasteiger partial charge in [-0.25, -0.2) is 0 Å². The molecule has 2 heteroatoms. The van der Waals surface area contributed by atoms with Crippen LogP contribution in [0.3, 0.4) is 0 Å². The molecule has 1 aliphatic heterocycles. The molecule has 86 valence electrons. The zero-order chi connectivity index (χ0) is 10.7. The molecule has 1 aliphatic carbocycles. The summed E-state index contributed by atoms with van der Waals surface area (Å²) in [7, 11) is 0. The SMILES string of the molecule is CC1CCC(C(N)C2=COCCC2)CC1. The molecule has 0 aromatic carbocycles. The van der Waals surface area contributed by atoms with Gasteiger partial charge >= 0.3 is 0 Å². The molecule has 0 aromatic rings. The van der Waals surface area contributed by atoms with Crippen molar-refractivity contribution in [3.8, 4) is 0 Å². The summed E-state index contributed by atoms with van der Waals surface area (Å²) in [5, 5.41) is 0. The maximum Gasteiger partial charge on any atom is 0.0876 e. The van der Waals surface area contributed by atoms with Gasteiger partial charge in [0, 0.05) is 6.04 Å². The predicted octanol–water partition coefficient (Wildman–Crippen LogP) is 2.83. The zero-order valence-electron chi connectivity index (χ0n) is 9.74. The van der Waals surface area contributed by atoms with Crippen LogP contribution in [0.25, 0.3) is 0 Å². The fourth-order valence-corrected chi connectivity index (χ4v) is 2.78. The van der Waals surface area contributed by atoms with E-state index >= 15 is 0 Å². The van der Waals surface area contributed by atoms with Gasteiger partial charge in [-0.1, -0.05) is 19.8 Å². The van der Waals surface area contributed by atoms with Crippen molar-refractivity contribution >= 4 is 0 Å². The summed E-state index contributed by atoms with van der Waals surface area (Å²) >= 11 is 0. The quantitative estimate of drug-likeness (QED) is 0.759. The second-order valence-electron chi connectivity index (χ2n) is 5.21. The molecule has 1 heterocycles. The Balaban J connectivity index is 1.89. The lowest BCUT2D eigenvalue weighted by molar-refractivity contribution is 0.208. The highest BCUT2D eigenvalue weighted by Crippen LogP contribution is 2.33. The van der Waals surface area contributed by atoms with E-state index in [-0.39, 0.29) is 6.04 Å². The van der Waals surface area contributed by atoms with Crippen LogP contribution in [0.2, 0.25) is 0 Å². The van der Waals surface area contributed by atoms with Gasteiger partial charge in [0.25, 0.3) is 0 Å². The molecule has 2 aliphatic rings. The van der Waals surface area contributed by atoms with Gasteiger partial charge in [0.15, 0.2) is 0 Å². The molecule has 15 heavy (non-hydrogen) atoms. The standard InChI is InChI=1S/C13H23NO/c1-10-4-6-11(7-5-10)13(14)12-3-2-8-15-9-12/h9-11,13H,2-8,14H2,1H3. The van der Waals surface area contributed by atoms with Gasteiger partial charge in [-0.2, -0.15) is 0 Å². The average molecular weight is 209 g/mol. The Kier molecular flexibility index (Phi) is 3.68. The minimum atomic E-state index is 0.262. The lowest BCUT2D eigenvalue weighted by Gasteiger charge is -2.32. The molecule has 1 unspecified atom stereocenters. The molecular formula is C13H23NO. The van der Waals surface area contributed by atoms with Crippen LogP contribution in [0.1, 0.15) is 45.4 Å². The van der Waals surface area contributed by atoms with Crippen molar-refractivity contribution in [3.63, 3.8) is 0 Å². The Bertz CT molecular complexity index is 229. The molecule has 0 saturated heterocycles. The zero-order valence-corrected chi connectivity index (χ0v) is 9.74. The van der Waals surface area contributed by atoms with Crippen LogP contribution in [0, 0.1) is 11.8 Å². The third-order valence-electron chi connectivity index (χ3n) is 3.96. The van der Waals surface area contributed by atoms with Gasteiger partial charge in [-0.15, -0.1) is 0 Å². The van der Waals surface area contributed by atoms with Crippen molar-refractivity contribution in [2.24, 2.45) is 17.6 Å². The predicted molar refractivity (Wildman–Crippen MR) is 62.4 cm³/mol. The molecule has 0 amide bonds. The van der Waals surface area contributed by atoms with Crippen LogP contribution in [0.5, 0.6) is 0 Å². The fraction of sp³-hybridized carbons (Fsp3) is 0.846. The summed E-state index contributed by atoms with van der Waals surface area (Å²) in [6.07, 6.45) is 9.53. The molecular weight excluding hydrogens is 186 g/mol. The third kappa shape index (κ3) is 2.75. The van der Waals surface area contributed by atoms with Crippen LogP contribution in [0.4, 0.5) is 0 Å². The van der Waals surface area contributed by atoms with Crippen molar-refractivity contribution in [2.75, 3.05) is 6.61 Å². The Morgan fingerprint density at radius 1 is 1.33 bits per heavy atom. The summed E-state index contributed by atoms with van der Waals surface area (Å²) in [5.41, 5.74) is 7.67. The first-order valence-electron chi connectivity index (χ1n) is 6.33. The minimum Gasteiger partial charge on any atom is -0.501 e. The molecule has 1 fully saturated rings. The Morgan fingerprint density at radius 3 is 2.67 bits per heavy atom. The number of hydrogen-bond acceptors (Lipinski definition) is 2. The summed E-state index contributed by atoms with van der Waals surface area (Å²) in [6, 6.07) is 0.262. The number of rotatable bonds is 2. The van der Waals surface area contributed by atoms with Crippen LogP contribution in [-0.4, -0.2) is 12.6 Å².